The number of aromatic nitrogens is 2. The topological polar surface area (TPSA) is 55.3 Å². The van der Waals surface area contributed by atoms with Gasteiger partial charge >= 0.3 is 0 Å². The molecular weight excluding hydrogens is 333 g/mol. The smallest absolute Gasteiger partial charge is 0.272 e. The maximum absolute atomic E-state index is 13.0. The number of hydrogen-bond acceptors (Lipinski definition) is 4. The van der Waals surface area contributed by atoms with E-state index in [-0.39, 0.29) is 17.8 Å². The molecule has 1 atom stereocenters. The molecule has 6 heteroatoms. The maximum atomic E-state index is 13.0. The number of benzene rings is 1. The van der Waals surface area contributed by atoms with Crippen molar-refractivity contribution in [1.29, 1.82) is 0 Å². The van der Waals surface area contributed by atoms with Crippen LogP contribution >= 0.6 is 0 Å². The summed E-state index contributed by atoms with van der Waals surface area (Å²) in [5.74, 6) is 0.202. The van der Waals surface area contributed by atoms with Gasteiger partial charge < -0.3 is 9.64 Å². The van der Waals surface area contributed by atoms with Crippen molar-refractivity contribution in [2.45, 2.75) is 18.9 Å². The molecule has 1 aliphatic heterocycles. The number of amides is 1. The van der Waals surface area contributed by atoms with Gasteiger partial charge in [-0.1, -0.05) is 6.07 Å². The average Bonchev–Trinajstić information content (AvgIpc) is 3.15. The van der Waals surface area contributed by atoms with Crippen molar-refractivity contribution in [3.05, 3.63) is 66.4 Å². The Hall–Kier alpha value is -3.02. The van der Waals surface area contributed by atoms with E-state index in [1.807, 2.05) is 17.0 Å². The molecule has 0 bridgehead atoms. The molecule has 5 nitrogen and oxygen atoms in total. The molecule has 26 heavy (non-hydrogen) atoms. The highest BCUT2D eigenvalue weighted by Gasteiger charge is 2.30. The molecule has 0 spiro atoms. The van der Waals surface area contributed by atoms with Crippen LogP contribution in [0.25, 0.3) is 10.9 Å². The van der Waals surface area contributed by atoms with Gasteiger partial charge in [0.2, 0.25) is 0 Å². The predicted molar refractivity (Wildman–Crippen MR) is 95.5 cm³/mol. The summed E-state index contributed by atoms with van der Waals surface area (Å²) in [6, 6.07) is 11.4. The average molecular weight is 351 g/mol. The minimum atomic E-state index is -0.299. The van der Waals surface area contributed by atoms with E-state index in [9.17, 15) is 9.18 Å². The van der Waals surface area contributed by atoms with Crippen LogP contribution in [0.5, 0.6) is 5.75 Å². The number of likely N-dealkylation sites (tertiary alicyclic amines) is 1. The SMILES string of the molecule is O=C(c1ccc2ccncc2n1)N1CCC[C@H]1COc1ccc(F)cc1. The van der Waals surface area contributed by atoms with Gasteiger partial charge in [0, 0.05) is 18.1 Å². The highest BCUT2D eigenvalue weighted by molar-refractivity contribution is 5.95. The van der Waals surface area contributed by atoms with Crippen molar-refractivity contribution in [3.8, 4) is 5.75 Å². The molecule has 3 heterocycles. The quantitative estimate of drug-likeness (QED) is 0.722. The lowest BCUT2D eigenvalue weighted by atomic mass is 10.2. The van der Waals surface area contributed by atoms with Crippen LogP contribution in [-0.4, -0.2) is 40.0 Å². The Kier molecular flexibility index (Phi) is 4.48. The second-order valence-electron chi connectivity index (χ2n) is 6.32. The summed E-state index contributed by atoms with van der Waals surface area (Å²) in [6.45, 7) is 1.07. The molecule has 1 aliphatic rings. The van der Waals surface area contributed by atoms with Crippen LogP contribution < -0.4 is 4.74 Å². The van der Waals surface area contributed by atoms with Gasteiger partial charge in [0.25, 0.3) is 5.91 Å². The molecule has 1 fully saturated rings. The number of nitrogens with zero attached hydrogens (tertiary/aromatic N) is 3. The number of hydrogen-bond donors (Lipinski definition) is 0. The zero-order valence-corrected chi connectivity index (χ0v) is 14.1. The monoisotopic (exact) mass is 351 g/mol. The standard InChI is InChI=1S/C20H18FN3O2/c21-15-4-6-17(7-5-15)26-13-16-2-1-11-24(16)20(25)18-8-3-14-9-10-22-12-19(14)23-18/h3-10,12,16H,1-2,11,13H2/t16-/m0/s1. The van der Waals surface area contributed by atoms with Gasteiger partial charge in [0.05, 0.1) is 17.8 Å². The summed E-state index contributed by atoms with van der Waals surface area (Å²) in [6.07, 6.45) is 5.17. The van der Waals surface area contributed by atoms with Crippen molar-refractivity contribution in [2.75, 3.05) is 13.2 Å². The van der Waals surface area contributed by atoms with E-state index in [2.05, 4.69) is 9.97 Å². The maximum Gasteiger partial charge on any atom is 0.272 e. The van der Waals surface area contributed by atoms with Crippen molar-refractivity contribution in [1.82, 2.24) is 14.9 Å². The van der Waals surface area contributed by atoms with E-state index in [4.69, 9.17) is 4.74 Å². The Morgan fingerprint density at radius 3 is 2.88 bits per heavy atom. The van der Waals surface area contributed by atoms with Gasteiger partial charge in [-0.2, -0.15) is 0 Å². The van der Waals surface area contributed by atoms with E-state index < -0.39 is 0 Å². The predicted octanol–water partition coefficient (Wildman–Crippen LogP) is 3.45. The number of carbonyl (C=O) groups excluding carboxylic acids is 1. The first kappa shape index (κ1) is 16.4. The number of fused-ring (bicyclic) bond motifs is 1. The van der Waals surface area contributed by atoms with Crippen LogP contribution in [0.15, 0.2) is 54.9 Å². The number of ether oxygens (including phenoxy) is 1. The normalized spacial score (nSPS) is 16.8. The Balaban J connectivity index is 1.47. The molecule has 0 N–H and O–H groups in total. The largest absolute Gasteiger partial charge is 0.491 e. The Morgan fingerprint density at radius 1 is 1.19 bits per heavy atom. The lowest BCUT2D eigenvalue weighted by Gasteiger charge is -2.24. The lowest BCUT2D eigenvalue weighted by Crippen LogP contribution is -2.39. The van der Waals surface area contributed by atoms with Crippen LogP contribution in [0.2, 0.25) is 0 Å². The van der Waals surface area contributed by atoms with E-state index in [1.54, 1.807) is 30.6 Å². The summed E-state index contributed by atoms with van der Waals surface area (Å²) in [5, 5.41) is 0.953. The second-order valence-corrected chi connectivity index (χ2v) is 6.32. The number of carbonyl (C=O) groups is 1. The van der Waals surface area contributed by atoms with E-state index in [1.165, 1.54) is 12.1 Å². The minimum Gasteiger partial charge on any atom is -0.491 e. The molecule has 1 aromatic carbocycles. The van der Waals surface area contributed by atoms with Crippen molar-refractivity contribution in [3.63, 3.8) is 0 Å². The summed E-state index contributed by atoms with van der Waals surface area (Å²) >= 11 is 0. The van der Waals surface area contributed by atoms with Gasteiger partial charge in [-0.05, 0) is 49.2 Å². The molecule has 0 unspecified atom stereocenters. The van der Waals surface area contributed by atoms with Gasteiger partial charge in [-0.25, -0.2) is 9.37 Å². The summed E-state index contributed by atoms with van der Waals surface area (Å²) in [7, 11) is 0. The highest BCUT2D eigenvalue weighted by atomic mass is 19.1. The molecule has 0 aliphatic carbocycles. The van der Waals surface area contributed by atoms with Crippen LogP contribution in [-0.2, 0) is 0 Å². The molecule has 4 rings (SSSR count). The van der Waals surface area contributed by atoms with Crippen molar-refractivity contribution < 1.29 is 13.9 Å². The second kappa shape index (κ2) is 7.07. The van der Waals surface area contributed by atoms with E-state index in [0.717, 1.165) is 18.2 Å². The van der Waals surface area contributed by atoms with Crippen molar-refractivity contribution >= 4 is 16.8 Å². The fraction of sp³-hybridized carbons (Fsp3) is 0.250. The molecule has 2 aromatic heterocycles. The van der Waals surface area contributed by atoms with Crippen LogP contribution in [0, 0.1) is 5.82 Å². The molecule has 0 radical (unpaired) electrons. The zero-order chi connectivity index (χ0) is 17.9. The number of pyridine rings is 2. The first-order valence-electron chi connectivity index (χ1n) is 8.61. The fourth-order valence-corrected chi connectivity index (χ4v) is 3.23. The third-order valence-electron chi connectivity index (χ3n) is 4.61. The molecule has 3 aromatic rings. The van der Waals surface area contributed by atoms with Gasteiger partial charge in [-0.15, -0.1) is 0 Å². The fourth-order valence-electron chi connectivity index (χ4n) is 3.23. The van der Waals surface area contributed by atoms with E-state index >= 15 is 0 Å². The third-order valence-corrected chi connectivity index (χ3v) is 4.61. The highest BCUT2D eigenvalue weighted by Crippen LogP contribution is 2.22. The first-order valence-corrected chi connectivity index (χ1v) is 8.61. The number of halogens is 1. The van der Waals surface area contributed by atoms with Crippen LogP contribution in [0.4, 0.5) is 4.39 Å². The summed E-state index contributed by atoms with van der Waals surface area (Å²) in [5.41, 5.74) is 1.12. The van der Waals surface area contributed by atoms with E-state index in [0.29, 0.717) is 30.1 Å². The van der Waals surface area contributed by atoms with Crippen LogP contribution in [0.3, 0.4) is 0 Å². The van der Waals surface area contributed by atoms with Crippen LogP contribution in [0.1, 0.15) is 23.3 Å². The Morgan fingerprint density at radius 2 is 2.04 bits per heavy atom. The third kappa shape index (κ3) is 3.35. The minimum absolute atomic E-state index is 0.0149. The Bertz CT molecular complexity index is 930. The van der Waals surface area contributed by atoms with Gasteiger partial charge in [0.1, 0.15) is 23.9 Å². The summed E-state index contributed by atoms with van der Waals surface area (Å²) < 4.78 is 18.7. The molecular formula is C20H18FN3O2. The van der Waals surface area contributed by atoms with Gasteiger partial charge in [-0.3, -0.25) is 9.78 Å². The molecule has 132 valence electrons. The number of rotatable bonds is 4. The summed E-state index contributed by atoms with van der Waals surface area (Å²) in [4.78, 5) is 23.2. The zero-order valence-electron chi connectivity index (χ0n) is 14.1. The molecule has 0 saturated carbocycles. The lowest BCUT2D eigenvalue weighted by molar-refractivity contribution is 0.0686. The molecule has 1 amide bonds. The first-order chi connectivity index (χ1) is 12.7. The molecule has 1 saturated heterocycles. The van der Waals surface area contributed by atoms with Crippen molar-refractivity contribution in [2.24, 2.45) is 0 Å². The van der Waals surface area contributed by atoms with Gasteiger partial charge in [0.15, 0.2) is 0 Å². The Labute approximate surface area is 150 Å².